The molecule has 1 aromatic heterocycles. The van der Waals surface area contributed by atoms with Crippen LogP contribution in [0.25, 0.3) is 0 Å². The molecule has 118 valence electrons. The van der Waals surface area contributed by atoms with E-state index in [-0.39, 0.29) is 17.2 Å². The standard InChI is InChI=1S/C14H23N3O3S/c1-10(2)14-15-13(16-20-14)12-6-4-3-5-9-17(12)21(18,19)11-7-8-11/h10-12H,3-9H2,1-2H3/t12-/m1/s1. The van der Waals surface area contributed by atoms with Gasteiger partial charge in [0, 0.05) is 12.5 Å². The van der Waals surface area contributed by atoms with Crippen LogP contribution < -0.4 is 0 Å². The third-order valence-electron chi connectivity index (χ3n) is 4.23. The Kier molecular flexibility index (Phi) is 4.05. The maximum Gasteiger partial charge on any atom is 0.229 e. The monoisotopic (exact) mass is 313 g/mol. The van der Waals surface area contributed by atoms with Crippen molar-refractivity contribution in [2.75, 3.05) is 6.54 Å². The van der Waals surface area contributed by atoms with Crippen LogP contribution >= 0.6 is 0 Å². The van der Waals surface area contributed by atoms with Crippen LogP contribution in [-0.4, -0.2) is 34.7 Å². The van der Waals surface area contributed by atoms with E-state index < -0.39 is 10.0 Å². The van der Waals surface area contributed by atoms with Gasteiger partial charge in [-0.05, 0) is 25.7 Å². The van der Waals surface area contributed by atoms with Gasteiger partial charge in [-0.2, -0.15) is 9.29 Å². The molecular formula is C14H23N3O3S. The van der Waals surface area contributed by atoms with Crippen molar-refractivity contribution >= 4 is 10.0 Å². The lowest BCUT2D eigenvalue weighted by atomic mass is 10.1. The second-order valence-corrected chi connectivity index (χ2v) is 8.53. The Labute approximate surface area is 126 Å². The van der Waals surface area contributed by atoms with Gasteiger partial charge >= 0.3 is 0 Å². The first-order valence-electron chi connectivity index (χ1n) is 7.84. The van der Waals surface area contributed by atoms with E-state index in [0.29, 0.717) is 18.3 Å². The van der Waals surface area contributed by atoms with E-state index >= 15 is 0 Å². The maximum atomic E-state index is 12.7. The highest BCUT2D eigenvalue weighted by Gasteiger charge is 2.44. The van der Waals surface area contributed by atoms with Crippen molar-refractivity contribution in [2.24, 2.45) is 0 Å². The molecule has 2 fully saturated rings. The summed E-state index contributed by atoms with van der Waals surface area (Å²) < 4.78 is 32.2. The number of rotatable bonds is 4. The molecule has 6 nitrogen and oxygen atoms in total. The third kappa shape index (κ3) is 2.99. The Morgan fingerprint density at radius 3 is 2.57 bits per heavy atom. The summed E-state index contributed by atoms with van der Waals surface area (Å²) in [5.41, 5.74) is 0. The molecule has 7 heteroatoms. The van der Waals surface area contributed by atoms with Crippen LogP contribution in [0, 0.1) is 0 Å². The largest absolute Gasteiger partial charge is 0.339 e. The van der Waals surface area contributed by atoms with Crippen molar-refractivity contribution < 1.29 is 12.9 Å². The highest BCUT2D eigenvalue weighted by molar-refractivity contribution is 7.90. The Morgan fingerprint density at radius 2 is 1.95 bits per heavy atom. The fourth-order valence-corrected chi connectivity index (χ4v) is 4.87. The lowest BCUT2D eigenvalue weighted by molar-refractivity contribution is 0.300. The molecule has 3 rings (SSSR count). The molecule has 1 saturated carbocycles. The highest BCUT2D eigenvalue weighted by atomic mass is 32.2. The van der Waals surface area contributed by atoms with Gasteiger partial charge in [0.05, 0.1) is 11.3 Å². The Hall–Kier alpha value is -0.950. The number of hydrogen-bond donors (Lipinski definition) is 0. The van der Waals surface area contributed by atoms with E-state index in [4.69, 9.17) is 4.52 Å². The van der Waals surface area contributed by atoms with Crippen LogP contribution in [0.1, 0.15) is 76.0 Å². The van der Waals surface area contributed by atoms with Crippen molar-refractivity contribution in [3.8, 4) is 0 Å². The topological polar surface area (TPSA) is 76.3 Å². The smallest absolute Gasteiger partial charge is 0.229 e. The molecule has 0 unspecified atom stereocenters. The summed E-state index contributed by atoms with van der Waals surface area (Å²) in [6.07, 6.45) is 5.33. The molecule has 0 N–H and O–H groups in total. The van der Waals surface area contributed by atoms with E-state index in [2.05, 4.69) is 10.1 Å². The Bertz CT molecular complexity index is 592. The second kappa shape index (κ2) is 5.68. The summed E-state index contributed by atoms with van der Waals surface area (Å²) in [6.45, 7) is 4.56. The molecule has 1 atom stereocenters. The molecule has 0 radical (unpaired) electrons. The normalized spacial score (nSPS) is 25.2. The maximum absolute atomic E-state index is 12.7. The van der Waals surface area contributed by atoms with E-state index in [1.165, 1.54) is 0 Å². The minimum Gasteiger partial charge on any atom is -0.339 e. The summed E-state index contributed by atoms with van der Waals surface area (Å²) in [5.74, 6) is 1.27. The van der Waals surface area contributed by atoms with Crippen LogP contribution in [0.2, 0.25) is 0 Å². The molecule has 1 saturated heterocycles. The molecule has 1 aliphatic heterocycles. The van der Waals surface area contributed by atoms with Crippen molar-refractivity contribution in [1.82, 2.24) is 14.4 Å². The summed E-state index contributed by atoms with van der Waals surface area (Å²) in [5, 5.41) is 3.87. The second-order valence-electron chi connectivity index (χ2n) is 6.37. The SMILES string of the molecule is CC(C)c1nc([C@H]2CCCCCN2S(=O)(=O)C2CC2)no1. The van der Waals surface area contributed by atoms with E-state index in [0.717, 1.165) is 38.5 Å². The first-order chi connectivity index (χ1) is 10.00. The number of sulfonamides is 1. The Balaban J connectivity index is 1.91. The molecular weight excluding hydrogens is 290 g/mol. The number of aromatic nitrogens is 2. The first kappa shape index (κ1) is 15.0. The summed E-state index contributed by atoms with van der Waals surface area (Å²) in [4.78, 5) is 4.43. The summed E-state index contributed by atoms with van der Waals surface area (Å²) in [7, 11) is -3.21. The van der Waals surface area contributed by atoms with Crippen molar-refractivity contribution in [2.45, 2.75) is 69.6 Å². The highest BCUT2D eigenvalue weighted by Crippen LogP contribution is 2.38. The molecule has 1 aliphatic carbocycles. The molecule has 0 bridgehead atoms. The van der Waals surface area contributed by atoms with Crippen LogP contribution in [0.15, 0.2) is 4.52 Å². The van der Waals surface area contributed by atoms with Gasteiger partial charge in [-0.15, -0.1) is 0 Å². The quantitative estimate of drug-likeness (QED) is 0.854. The molecule has 1 aromatic rings. The van der Waals surface area contributed by atoms with Crippen LogP contribution in [0.3, 0.4) is 0 Å². The van der Waals surface area contributed by atoms with E-state index in [9.17, 15) is 8.42 Å². The van der Waals surface area contributed by atoms with Crippen LogP contribution in [0.5, 0.6) is 0 Å². The van der Waals surface area contributed by atoms with Gasteiger partial charge in [-0.1, -0.05) is 31.8 Å². The lowest BCUT2D eigenvalue weighted by Gasteiger charge is -2.26. The fraction of sp³-hybridized carbons (Fsp3) is 0.857. The number of nitrogens with zero attached hydrogens (tertiary/aromatic N) is 3. The average Bonchev–Trinajstić information content (AvgIpc) is 3.22. The zero-order valence-electron chi connectivity index (χ0n) is 12.7. The molecule has 0 spiro atoms. The van der Waals surface area contributed by atoms with Crippen LogP contribution in [-0.2, 0) is 10.0 Å². The summed E-state index contributed by atoms with van der Waals surface area (Å²) in [6, 6.07) is -0.255. The van der Waals surface area contributed by atoms with Gasteiger partial charge in [-0.25, -0.2) is 8.42 Å². The summed E-state index contributed by atoms with van der Waals surface area (Å²) >= 11 is 0. The van der Waals surface area contributed by atoms with Crippen molar-refractivity contribution in [3.05, 3.63) is 11.7 Å². The van der Waals surface area contributed by atoms with Gasteiger partial charge in [0.1, 0.15) is 0 Å². The molecule has 0 aromatic carbocycles. The molecule has 2 heterocycles. The zero-order chi connectivity index (χ0) is 15.0. The van der Waals surface area contributed by atoms with Crippen molar-refractivity contribution in [3.63, 3.8) is 0 Å². The first-order valence-corrected chi connectivity index (χ1v) is 9.34. The predicted molar refractivity (Wildman–Crippen MR) is 78.2 cm³/mol. The third-order valence-corrected chi connectivity index (χ3v) is 6.63. The van der Waals surface area contributed by atoms with Gasteiger partial charge in [0.15, 0.2) is 5.82 Å². The minimum atomic E-state index is -3.21. The van der Waals surface area contributed by atoms with Gasteiger partial charge in [0.25, 0.3) is 0 Å². The van der Waals surface area contributed by atoms with Crippen LogP contribution in [0.4, 0.5) is 0 Å². The average molecular weight is 313 g/mol. The zero-order valence-corrected chi connectivity index (χ0v) is 13.5. The lowest BCUT2D eigenvalue weighted by Crippen LogP contribution is -2.37. The van der Waals surface area contributed by atoms with Crippen molar-refractivity contribution in [1.29, 1.82) is 0 Å². The molecule has 21 heavy (non-hydrogen) atoms. The van der Waals surface area contributed by atoms with Gasteiger partial charge in [0.2, 0.25) is 15.9 Å². The van der Waals surface area contributed by atoms with Gasteiger partial charge < -0.3 is 4.52 Å². The molecule has 0 amide bonds. The van der Waals surface area contributed by atoms with Gasteiger partial charge in [-0.3, -0.25) is 0 Å². The van der Waals surface area contributed by atoms with E-state index in [1.54, 1.807) is 4.31 Å². The predicted octanol–water partition coefficient (Wildman–Crippen LogP) is 2.60. The fourth-order valence-electron chi connectivity index (χ4n) is 2.82. The Morgan fingerprint density at radius 1 is 1.19 bits per heavy atom. The minimum absolute atomic E-state index is 0.158. The molecule has 2 aliphatic rings. The van der Waals surface area contributed by atoms with E-state index in [1.807, 2.05) is 13.8 Å². The number of hydrogen-bond acceptors (Lipinski definition) is 5.